The van der Waals surface area contributed by atoms with Crippen LogP contribution in [0.4, 0.5) is 0 Å². The number of carbonyl (C=O) groups is 2. The average molecular weight is 786 g/mol. The van der Waals surface area contributed by atoms with E-state index in [0.717, 1.165) is 77.9 Å². The van der Waals surface area contributed by atoms with Gasteiger partial charge in [-0.1, -0.05) is 76.0 Å². The van der Waals surface area contributed by atoms with Crippen molar-refractivity contribution >= 4 is 33.9 Å². The zero-order chi connectivity index (χ0) is 39.8. The average Bonchev–Trinajstić information content (AvgIpc) is 3.84. The maximum Gasteiger partial charge on any atom is 0.224 e. The van der Waals surface area contributed by atoms with E-state index in [-0.39, 0.29) is 11.8 Å². The molecule has 3 fully saturated rings. The molecule has 0 radical (unpaired) electrons. The minimum Gasteiger partial charge on any atom is -0.477 e. The number of hydrogen-bond acceptors (Lipinski definition) is 6. The molecule has 3 aliphatic carbocycles. The van der Waals surface area contributed by atoms with Gasteiger partial charge in [-0.05, 0) is 81.3 Å². The first-order chi connectivity index (χ1) is 28.5. The van der Waals surface area contributed by atoms with Gasteiger partial charge in [0, 0.05) is 81.8 Å². The van der Waals surface area contributed by atoms with Crippen molar-refractivity contribution in [3.05, 3.63) is 72.2 Å². The lowest BCUT2D eigenvalue weighted by molar-refractivity contribution is -0.134. The normalized spacial score (nSPS) is 17.2. The fraction of sp³-hybridized carbons (Fsp3) is 0.562. The lowest BCUT2D eigenvalue weighted by atomic mass is 9.88. The number of nitrogens with zero attached hydrogens (tertiary/aromatic N) is 7. The fourth-order valence-electron chi connectivity index (χ4n) is 10.1. The third-order valence-electron chi connectivity index (χ3n) is 13.4. The molecule has 308 valence electrons. The highest BCUT2D eigenvalue weighted by atomic mass is 16.5. The maximum absolute atomic E-state index is 13.5. The first-order valence-electron chi connectivity index (χ1n) is 22.6. The number of carbonyl (C=O) groups excluding carboxylic acids is 2. The van der Waals surface area contributed by atoms with Crippen LogP contribution in [0, 0.1) is 0 Å². The molecular formula is C48H63N7O3. The van der Waals surface area contributed by atoms with E-state index in [2.05, 4.69) is 45.2 Å². The summed E-state index contributed by atoms with van der Waals surface area (Å²) in [7, 11) is 2.01. The van der Waals surface area contributed by atoms with Crippen LogP contribution < -0.4 is 4.74 Å². The molecule has 0 spiro atoms. The van der Waals surface area contributed by atoms with Crippen LogP contribution in [-0.2, 0) is 29.1 Å². The highest BCUT2D eigenvalue weighted by molar-refractivity contribution is 5.82. The highest BCUT2D eigenvalue weighted by Gasteiger charge is 2.27. The Hall–Kier alpha value is -4.73. The summed E-state index contributed by atoms with van der Waals surface area (Å²) in [5, 5.41) is 0. The Kier molecular flexibility index (Phi) is 13.1. The molecule has 5 aromatic rings. The number of aryl methyl sites for hydroxylation is 2. The molecule has 2 amide bonds. The van der Waals surface area contributed by atoms with Crippen LogP contribution in [0.3, 0.4) is 0 Å². The van der Waals surface area contributed by atoms with Crippen LogP contribution in [0.1, 0.15) is 133 Å². The molecule has 0 bridgehead atoms. The largest absolute Gasteiger partial charge is 0.477 e. The summed E-state index contributed by atoms with van der Waals surface area (Å²) in [5.41, 5.74) is 6.14. The Morgan fingerprint density at radius 1 is 0.724 bits per heavy atom. The standard InChI is InChI=1S/C48H63N7O3/c1-3-53(39-19-11-6-12-20-39)46(57)28-31-54-42-22-14-13-21-40(42)50-48(54)37-24-26-44(49-34-37)58-32-29-35-23-25-41-43(33-35)55(47(51-41)36-15-7-4-8-16-36)30-27-45(56)52(2)38-17-9-5-10-18-38/h13-14,21-26,33-34,36,38-39H,3-12,15-20,27-32H2,1-2H3. The van der Waals surface area contributed by atoms with Crippen LogP contribution in [0.2, 0.25) is 0 Å². The molecule has 3 heterocycles. The van der Waals surface area contributed by atoms with Crippen molar-refractivity contribution in [2.45, 2.75) is 154 Å². The molecule has 0 atom stereocenters. The van der Waals surface area contributed by atoms with Gasteiger partial charge in [-0.25, -0.2) is 15.0 Å². The van der Waals surface area contributed by atoms with Crippen LogP contribution in [0.25, 0.3) is 33.5 Å². The van der Waals surface area contributed by atoms with E-state index in [0.29, 0.717) is 56.4 Å². The van der Waals surface area contributed by atoms with Crippen molar-refractivity contribution in [1.82, 2.24) is 33.9 Å². The number of pyridine rings is 1. The minimum absolute atomic E-state index is 0.223. The van der Waals surface area contributed by atoms with Gasteiger partial charge in [-0.3, -0.25) is 9.59 Å². The topological polar surface area (TPSA) is 98.4 Å². The van der Waals surface area contributed by atoms with Crippen molar-refractivity contribution in [1.29, 1.82) is 0 Å². The van der Waals surface area contributed by atoms with Gasteiger partial charge >= 0.3 is 0 Å². The van der Waals surface area contributed by atoms with E-state index in [1.54, 1.807) is 0 Å². The van der Waals surface area contributed by atoms with Gasteiger partial charge in [0.15, 0.2) is 0 Å². The number of hydrogen-bond donors (Lipinski definition) is 0. The fourth-order valence-corrected chi connectivity index (χ4v) is 10.1. The van der Waals surface area contributed by atoms with Crippen molar-refractivity contribution < 1.29 is 14.3 Å². The van der Waals surface area contributed by atoms with Crippen LogP contribution >= 0.6 is 0 Å². The second-order valence-electron chi connectivity index (χ2n) is 17.1. The van der Waals surface area contributed by atoms with E-state index in [4.69, 9.17) is 19.7 Å². The summed E-state index contributed by atoms with van der Waals surface area (Å²) in [5.74, 6) is 3.45. The third kappa shape index (κ3) is 9.11. The van der Waals surface area contributed by atoms with E-state index >= 15 is 0 Å². The monoisotopic (exact) mass is 785 g/mol. The predicted molar refractivity (Wildman–Crippen MR) is 231 cm³/mol. The Morgan fingerprint density at radius 2 is 1.40 bits per heavy atom. The third-order valence-corrected chi connectivity index (χ3v) is 13.4. The van der Waals surface area contributed by atoms with E-state index < -0.39 is 0 Å². The molecule has 2 aromatic carbocycles. The van der Waals surface area contributed by atoms with E-state index in [1.807, 2.05) is 48.5 Å². The summed E-state index contributed by atoms with van der Waals surface area (Å²) in [6.07, 6.45) is 21.5. The smallest absolute Gasteiger partial charge is 0.224 e. The van der Waals surface area contributed by atoms with E-state index in [1.165, 1.54) is 76.2 Å². The Balaban J connectivity index is 0.929. The SMILES string of the molecule is CCN(C(=O)CCn1c(-c2ccc(OCCc3ccc4nc(C5CCCCC5)n(CCC(=O)N(C)C5CCCCC5)c4c3)nc2)nc2ccccc21)C1CCCCC1. The molecule has 0 aliphatic heterocycles. The molecule has 10 heteroatoms. The van der Waals surface area contributed by atoms with Crippen molar-refractivity contribution in [2.75, 3.05) is 20.2 Å². The maximum atomic E-state index is 13.5. The van der Waals surface area contributed by atoms with Crippen LogP contribution in [0.5, 0.6) is 5.88 Å². The molecule has 58 heavy (non-hydrogen) atoms. The number of rotatable bonds is 15. The second-order valence-corrected chi connectivity index (χ2v) is 17.1. The lowest BCUT2D eigenvalue weighted by Crippen LogP contribution is -2.41. The summed E-state index contributed by atoms with van der Waals surface area (Å²) < 4.78 is 10.7. The molecule has 3 aliphatic rings. The van der Waals surface area contributed by atoms with Gasteiger partial charge in [-0.15, -0.1) is 0 Å². The number of aromatic nitrogens is 5. The Morgan fingerprint density at radius 3 is 2.12 bits per heavy atom. The van der Waals surface area contributed by atoms with Crippen LogP contribution in [0.15, 0.2) is 60.8 Å². The Bertz CT molecular complexity index is 2140. The molecule has 0 N–H and O–H groups in total. The summed E-state index contributed by atoms with van der Waals surface area (Å²) in [6.45, 7) is 4.58. The van der Waals surface area contributed by atoms with Gasteiger partial charge in [0.05, 0.1) is 28.7 Å². The van der Waals surface area contributed by atoms with Crippen molar-refractivity contribution in [2.24, 2.45) is 0 Å². The number of fused-ring (bicyclic) bond motifs is 2. The first kappa shape index (κ1) is 40.1. The quantitative estimate of drug-likeness (QED) is 0.105. The van der Waals surface area contributed by atoms with E-state index in [9.17, 15) is 9.59 Å². The minimum atomic E-state index is 0.223. The number of para-hydroxylation sites is 2. The van der Waals surface area contributed by atoms with Gasteiger partial charge in [-0.2, -0.15) is 0 Å². The highest BCUT2D eigenvalue weighted by Crippen LogP contribution is 2.35. The molecule has 3 aromatic heterocycles. The number of imidazole rings is 2. The zero-order valence-electron chi connectivity index (χ0n) is 34.9. The lowest BCUT2D eigenvalue weighted by Gasteiger charge is -2.33. The van der Waals surface area contributed by atoms with Gasteiger partial charge in [0.25, 0.3) is 0 Å². The number of benzene rings is 2. The summed E-state index contributed by atoms with van der Waals surface area (Å²) >= 11 is 0. The molecular weight excluding hydrogens is 723 g/mol. The van der Waals surface area contributed by atoms with Crippen molar-refractivity contribution in [3.63, 3.8) is 0 Å². The van der Waals surface area contributed by atoms with Crippen molar-refractivity contribution in [3.8, 4) is 17.3 Å². The predicted octanol–water partition coefficient (Wildman–Crippen LogP) is 9.87. The van der Waals surface area contributed by atoms with Crippen LogP contribution in [-0.4, -0.2) is 78.0 Å². The zero-order valence-corrected chi connectivity index (χ0v) is 34.9. The molecule has 10 nitrogen and oxygen atoms in total. The molecule has 8 rings (SSSR count). The first-order valence-corrected chi connectivity index (χ1v) is 22.6. The van der Waals surface area contributed by atoms with Gasteiger partial charge in [0.1, 0.15) is 11.6 Å². The van der Waals surface area contributed by atoms with Gasteiger partial charge in [0.2, 0.25) is 17.7 Å². The molecule has 3 saturated carbocycles. The summed E-state index contributed by atoms with van der Waals surface area (Å²) in [4.78, 5) is 46.0. The molecule has 0 unspecified atom stereocenters. The van der Waals surface area contributed by atoms with Gasteiger partial charge < -0.3 is 23.7 Å². The Labute approximate surface area is 344 Å². The number of amides is 2. The molecule has 0 saturated heterocycles. The number of ether oxygens (including phenoxy) is 1. The summed E-state index contributed by atoms with van der Waals surface area (Å²) in [6, 6.07) is 19.4. The second kappa shape index (κ2) is 18.9.